The highest BCUT2D eigenvalue weighted by Crippen LogP contribution is 2.26. The summed E-state index contributed by atoms with van der Waals surface area (Å²) in [5, 5.41) is 5.01. The van der Waals surface area contributed by atoms with Gasteiger partial charge in [0.1, 0.15) is 22.3 Å². The second kappa shape index (κ2) is 9.13. The van der Waals surface area contributed by atoms with E-state index >= 15 is 0 Å². The lowest BCUT2D eigenvalue weighted by Gasteiger charge is -2.21. The number of hydrogen-bond acceptors (Lipinski definition) is 5. The van der Waals surface area contributed by atoms with Crippen molar-refractivity contribution in [3.63, 3.8) is 0 Å². The van der Waals surface area contributed by atoms with Crippen LogP contribution in [0.4, 0.5) is 10.2 Å². The molecule has 0 radical (unpaired) electrons. The molecule has 0 unspecified atom stereocenters. The van der Waals surface area contributed by atoms with Gasteiger partial charge in [0.05, 0.1) is 0 Å². The molecule has 4 rings (SSSR count). The highest BCUT2D eigenvalue weighted by Gasteiger charge is 2.14. The van der Waals surface area contributed by atoms with E-state index < -0.39 is 0 Å². The number of aromatic nitrogens is 2. The minimum atomic E-state index is -0.343. The van der Waals surface area contributed by atoms with Crippen molar-refractivity contribution >= 4 is 23.1 Å². The smallest absolute Gasteiger partial charge is 0.271 e. The van der Waals surface area contributed by atoms with Gasteiger partial charge >= 0.3 is 0 Å². The third-order valence-corrected chi connectivity index (χ3v) is 5.91. The lowest BCUT2D eigenvalue weighted by atomic mass is 10.2. The Labute approximate surface area is 173 Å². The van der Waals surface area contributed by atoms with Gasteiger partial charge in [0.15, 0.2) is 0 Å². The molecule has 1 fully saturated rings. The summed E-state index contributed by atoms with van der Waals surface area (Å²) in [6, 6.07) is 10.4. The summed E-state index contributed by atoms with van der Waals surface area (Å²) < 4.78 is 13.9. The fourth-order valence-electron chi connectivity index (χ4n) is 3.42. The Hall–Kier alpha value is -2.80. The van der Waals surface area contributed by atoms with Gasteiger partial charge in [0.2, 0.25) is 0 Å². The van der Waals surface area contributed by atoms with E-state index in [0.29, 0.717) is 22.8 Å². The summed E-state index contributed by atoms with van der Waals surface area (Å²) in [5.74, 6) is 0.376. The minimum Gasteiger partial charge on any atom is -0.357 e. The lowest BCUT2D eigenvalue weighted by molar-refractivity contribution is 0.0946. The molecule has 2 aromatic heterocycles. The highest BCUT2D eigenvalue weighted by atomic mass is 32.1. The number of pyridine rings is 1. The van der Waals surface area contributed by atoms with Gasteiger partial charge in [-0.05, 0) is 36.6 Å². The van der Waals surface area contributed by atoms with Gasteiger partial charge in [-0.25, -0.2) is 14.4 Å². The first-order valence-corrected chi connectivity index (χ1v) is 10.8. The Kier molecular flexibility index (Phi) is 6.14. The second-order valence-electron chi connectivity index (χ2n) is 7.13. The predicted octanol–water partition coefficient (Wildman–Crippen LogP) is 4.65. The van der Waals surface area contributed by atoms with Crippen molar-refractivity contribution in [3.8, 4) is 10.6 Å². The van der Waals surface area contributed by atoms with Crippen LogP contribution >= 0.6 is 11.3 Å². The summed E-state index contributed by atoms with van der Waals surface area (Å²) in [4.78, 5) is 23.6. The normalized spacial score (nSPS) is 14.4. The van der Waals surface area contributed by atoms with Gasteiger partial charge in [-0.3, -0.25) is 4.79 Å². The van der Waals surface area contributed by atoms with Crippen molar-refractivity contribution in [2.24, 2.45) is 0 Å². The molecule has 1 N–H and O–H groups in total. The molecule has 1 amide bonds. The van der Waals surface area contributed by atoms with Crippen molar-refractivity contribution in [2.45, 2.75) is 32.2 Å². The third kappa shape index (κ3) is 4.79. The van der Waals surface area contributed by atoms with E-state index in [0.717, 1.165) is 24.5 Å². The van der Waals surface area contributed by atoms with Gasteiger partial charge in [-0.2, -0.15) is 0 Å². The zero-order valence-corrected chi connectivity index (χ0v) is 16.9. The van der Waals surface area contributed by atoms with Crippen LogP contribution in [0.25, 0.3) is 10.6 Å². The SMILES string of the molecule is O=C(NCc1ccc(N2CCCCCC2)nc1)c1csc(-c2ccccc2F)n1. The van der Waals surface area contributed by atoms with Crippen molar-refractivity contribution in [3.05, 3.63) is 65.0 Å². The molecule has 0 spiro atoms. The number of amides is 1. The molecule has 0 saturated carbocycles. The summed E-state index contributed by atoms with van der Waals surface area (Å²) in [5.41, 5.74) is 1.63. The zero-order valence-electron chi connectivity index (χ0n) is 16.1. The van der Waals surface area contributed by atoms with Crippen LogP contribution in [0.5, 0.6) is 0 Å². The van der Waals surface area contributed by atoms with Crippen LogP contribution < -0.4 is 10.2 Å². The quantitative estimate of drug-likeness (QED) is 0.665. The van der Waals surface area contributed by atoms with Gasteiger partial charge < -0.3 is 10.2 Å². The highest BCUT2D eigenvalue weighted by molar-refractivity contribution is 7.13. The molecule has 0 aliphatic carbocycles. The first-order chi connectivity index (χ1) is 14.2. The van der Waals surface area contributed by atoms with E-state index in [1.807, 2.05) is 18.3 Å². The Morgan fingerprint density at radius 1 is 1.10 bits per heavy atom. The topological polar surface area (TPSA) is 58.1 Å². The van der Waals surface area contributed by atoms with Crippen molar-refractivity contribution in [1.29, 1.82) is 0 Å². The summed E-state index contributed by atoms with van der Waals surface area (Å²) in [6.45, 7) is 2.48. The van der Waals surface area contributed by atoms with Crippen LogP contribution in [0, 0.1) is 5.82 Å². The van der Waals surface area contributed by atoms with Crippen LogP contribution in [-0.2, 0) is 6.54 Å². The fourth-order valence-corrected chi connectivity index (χ4v) is 4.24. The van der Waals surface area contributed by atoms with Crippen LogP contribution in [-0.4, -0.2) is 29.0 Å². The van der Waals surface area contributed by atoms with Crippen LogP contribution in [0.1, 0.15) is 41.7 Å². The molecule has 150 valence electrons. The number of hydrogen-bond donors (Lipinski definition) is 1. The number of thiazole rings is 1. The number of carbonyl (C=O) groups excluding carboxylic acids is 1. The number of nitrogens with zero attached hydrogens (tertiary/aromatic N) is 3. The molecule has 1 aliphatic rings. The Bertz CT molecular complexity index is 965. The van der Waals surface area contributed by atoms with E-state index in [1.54, 1.807) is 23.6 Å². The largest absolute Gasteiger partial charge is 0.357 e. The van der Waals surface area contributed by atoms with E-state index in [4.69, 9.17) is 0 Å². The molecule has 3 aromatic rings. The Morgan fingerprint density at radius 3 is 2.62 bits per heavy atom. The lowest BCUT2D eigenvalue weighted by Crippen LogP contribution is -2.25. The molecule has 0 bridgehead atoms. The zero-order chi connectivity index (χ0) is 20.1. The average molecular weight is 411 g/mol. The fraction of sp³-hybridized carbons (Fsp3) is 0.318. The van der Waals surface area contributed by atoms with Crippen LogP contribution in [0.15, 0.2) is 48.0 Å². The summed E-state index contributed by atoms with van der Waals surface area (Å²) >= 11 is 1.26. The van der Waals surface area contributed by atoms with Gasteiger partial charge in [-0.1, -0.05) is 31.0 Å². The summed E-state index contributed by atoms with van der Waals surface area (Å²) in [7, 11) is 0. The molecular formula is C22H23FN4OS. The van der Waals surface area contributed by atoms with E-state index in [2.05, 4.69) is 20.2 Å². The second-order valence-corrected chi connectivity index (χ2v) is 7.98. The van der Waals surface area contributed by atoms with Gasteiger partial charge in [0.25, 0.3) is 5.91 Å². The Morgan fingerprint density at radius 2 is 1.90 bits per heavy atom. The first-order valence-electron chi connectivity index (χ1n) is 9.89. The van der Waals surface area contributed by atoms with E-state index in [1.165, 1.54) is 43.1 Å². The molecule has 1 aliphatic heterocycles. The Balaban J connectivity index is 1.35. The number of anilines is 1. The standard InChI is InChI=1S/C22H23FN4OS/c23-18-8-4-3-7-17(18)22-26-19(15-29-22)21(28)25-14-16-9-10-20(24-13-16)27-11-5-1-2-6-12-27/h3-4,7-10,13,15H,1-2,5-6,11-12,14H2,(H,25,28). The molecule has 7 heteroatoms. The molecule has 5 nitrogen and oxygen atoms in total. The van der Waals surface area contributed by atoms with Crippen molar-refractivity contribution < 1.29 is 9.18 Å². The molecule has 1 saturated heterocycles. The molecule has 0 atom stereocenters. The number of halogens is 1. The maximum atomic E-state index is 13.9. The first kappa shape index (κ1) is 19.5. The van der Waals surface area contributed by atoms with Crippen LogP contribution in [0.2, 0.25) is 0 Å². The average Bonchev–Trinajstić information content (AvgIpc) is 3.08. The maximum absolute atomic E-state index is 13.9. The third-order valence-electron chi connectivity index (χ3n) is 5.03. The van der Waals surface area contributed by atoms with E-state index in [9.17, 15) is 9.18 Å². The van der Waals surface area contributed by atoms with E-state index in [-0.39, 0.29) is 11.7 Å². The molecule has 1 aromatic carbocycles. The molecule has 3 heterocycles. The van der Waals surface area contributed by atoms with Crippen molar-refractivity contribution in [1.82, 2.24) is 15.3 Å². The predicted molar refractivity (Wildman–Crippen MR) is 114 cm³/mol. The van der Waals surface area contributed by atoms with Crippen molar-refractivity contribution in [2.75, 3.05) is 18.0 Å². The number of benzene rings is 1. The van der Waals surface area contributed by atoms with Gasteiger partial charge in [0, 0.05) is 36.8 Å². The monoisotopic (exact) mass is 410 g/mol. The minimum absolute atomic E-state index is 0.277. The van der Waals surface area contributed by atoms with Gasteiger partial charge in [-0.15, -0.1) is 11.3 Å². The maximum Gasteiger partial charge on any atom is 0.271 e. The number of carbonyl (C=O) groups is 1. The number of rotatable bonds is 5. The number of nitrogens with one attached hydrogen (secondary N) is 1. The molecular weight excluding hydrogens is 387 g/mol. The van der Waals surface area contributed by atoms with Crippen LogP contribution in [0.3, 0.4) is 0 Å². The summed E-state index contributed by atoms with van der Waals surface area (Å²) in [6.07, 6.45) is 6.81. The molecule has 29 heavy (non-hydrogen) atoms.